The summed E-state index contributed by atoms with van der Waals surface area (Å²) in [7, 11) is -1.72. The molecule has 0 saturated carbocycles. The van der Waals surface area contributed by atoms with Gasteiger partial charge in [0.15, 0.2) is 0 Å². The molecule has 0 atom stereocenters. The van der Waals surface area contributed by atoms with Gasteiger partial charge in [-0.15, -0.1) is 0 Å². The van der Waals surface area contributed by atoms with Crippen LogP contribution in [0, 0.1) is 19.3 Å². The van der Waals surface area contributed by atoms with Crippen LogP contribution in [0.3, 0.4) is 0 Å². The van der Waals surface area contributed by atoms with Gasteiger partial charge in [0.05, 0.1) is 18.6 Å². The summed E-state index contributed by atoms with van der Waals surface area (Å²) in [6, 6.07) is 8.78. The van der Waals surface area contributed by atoms with Gasteiger partial charge in [-0.1, -0.05) is 60.6 Å². The molecule has 1 heterocycles. The van der Waals surface area contributed by atoms with Crippen molar-refractivity contribution < 1.29 is 22.4 Å². The van der Waals surface area contributed by atoms with E-state index < -0.39 is 13.7 Å². The second-order valence-electron chi connectivity index (χ2n) is 12.8. The van der Waals surface area contributed by atoms with Crippen LogP contribution in [0.2, 0.25) is 0 Å². The first-order chi connectivity index (χ1) is 17.0. The number of benzene rings is 2. The van der Waals surface area contributed by atoms with E-state index in [9.17, 15) is 4.79 Å². The number of aryl methyl sites for hydroxylation is 2. The maximum absolute atomic E-state index is 12.3. The lowest BCUT2D eigenvalue weighted by molar-refractivity contribution is -0.154. The van der Waals surface area contributed by atoms with Gasteiger partial charge in [-0.05, 0) is 68.2 Å². The van der Waals surface area contributed by atoms with E-state index in [2.05, 4.69) is 79.7 Å². The molecule has 0 unspecified atom stereocenters. The number of hydrogen-bond donors (Lipinski definition) is 0. The lowest BCUT2D eigenvalue weighted by atomic mass is 9.83. The number of rotatable bonds is 7. The quantitative estimate of drug-likeness (QED) is 0.226. The number of ether oxygens (including phenoxy) is 1. The van der Waals surface area contributed by atoms with Crippen molar-refractivity contribution in [1.82, 2.24) is 0 Å². The second kappa shape index (κ2) is 10.9. The Bertz CT molecular complexity index is 1240. The number of carbonyl (C=O) groups is 1. The summed E-state index contributed by atoms with van der Waals surface area (Å²) in [6.45, 7) is 23.9. The lowest BCUT2D eigenvalue weighted by Crippen LogP contribution is -2.26. The topological polar surface area (TPSA) is 61.8 Å². The van der Waals surface area contributed by atoms with Crippen molar-refractivity contribution in [3.63, 3.8) is 0 Å². The highest BCUT2D eigenvalue weighted by Crippen LogP contribution is 2.42. The zero-order valence-electron chi connectivity index (χ0n) is 24.6. The third kappa shape index (κ3) is 6.81. The third-order valence-electron chi connectivity index (χ3n) is 6.86. The molecule has 0 aliphatic heterocycles. The van der Waals surface area contributed by atoms with E-state index in [1.165, 1.54) is 11.1 Å². The SMILES string of the molecule is CCC(C)(C)C(=O)OCCCOp1oc2c(C(C)(C)C)cc(C)cc2c2cc(C)cc(C(C)(C)C)c2o1. The van der Waals surface area contributed by atoms with Crippen molar-refractivity contribution in [2.45, 2.75) is 99.8 Å². The summed E-state index contributed by atoms with van der Waals surface area (Å²) < 4.78 is 24.8. The molecule has 6 heteroatoms. The van der Waals surface area contributed by atoms with E-state index in [-0.39, 0.29) is 16.8 Å². The first-order valence-electron chi connectivity index (χ1n) is 13.3. The summed E-state index contributed by atoms with van der Waals surface area (Å²) in [5.74, 6) is -0.180. The minimum atomic E-state index is -1.72. The van der Waals surface area contributed by atoms with Crippen molar-refractivity contribution in [3.8, 4) is 0 Å². The van der Waals surface area contributed by atoms with Gasteiger partial charge in [0.2, 0.25) is 0 Å². The molecule has 1 aromatic heterocycles. The highest BCUT2D eigenvalue weighted by Gasteiger charge is 2.27. The van der Waals surface area contributed by atoms with E-state index >= 15 is 0 Å². The molecule has 0 N–H and O–H groups in total. The fourth-order valence-corrected chi connectivity index (χ4v) is 5.29. The van der Waals surface area contributed by atoms with Gasteiger partial charge < -0.3 is 13.1 Å². The maximum Gasteiger partial charge on any atom is 0.387 e. The number of carbonyl (C=O) groups excluding carboxylic acids is 1. The van der Waals surface area contributed by atoms with Gasteiger partial charge in [-0.3, -0.25) is 9.32 Å². The van der Waals surface area contributed by atoms with Crippen LogP contribution in [-0.2, 0) is 20.4 Å². The van der Waals surface area contributed by atoms with E-state index in [1.54, 1.807) is 0 Å². The van der Waals surface area contributed by atoms with Crippen LogP contribution in [-0.4, -0.2) is 19.2 Å². The minimum absolute atomic E-state index is 0.126. The Labute approximate surface area is 223 Å². The van der Waals surface area contributed by atoms with Gasteiger partial charge in [-0.2, -0.15) is 0 Å². The van der Waals surface area contributed by atoms with Crippen molar-refractivity contribution in [2.75, 3.05) is 13.2 Å². The molecule has 0 bridgehead atoms. The minimum Gasteiger partial charge on any atom is -0.465 e. The largest absolute Gasteiger partial charge is 0.465 e. The molecule has 0 aliphatic rings. The molecule has 3 aromatic rings. The zero-order chi connectivity index (χ0) is 27.8. The molecule has 37 heavy (non-hydrogen) atoms. The molecular weight excluding hydrogens is 483 g/mol. The zero-order valence-corrected chi connectivity index (χ0v) is 25.5. The summed E-state index contributed by atoms with van der Waals surface area (Å²) in [5.41, 5.74) is 5.54. The lowest BCUT2D eigenvalue weighted by Gasteiger charge is -2.21. The Morgan fingerprint density at radius 3 is 1.65 bits per heavy atom. The van der Waals surface area contributed by atoms with Crippen LogP contribution < -0.4 is 4.52 Å². The van der Waals surface area contributed by atoms with Gasteiger partial charge in [0.1, 0.15) is 11.2 Å². The Balaban J connectivity index is 2.12. The third-order valence-corrected chi connectivity index (χ3v) is 7.92. The standard InChI is InChI=1S/C31H45O5P/c1-12-31(10,11)28(32)33-14-13-15-34-37-35-26-22(16-20(2)18-24(26)29(4,5)6)23-17-21(3)19-25(27(23)36-37)30(7,8)9/h16-19H,12-15H2,1-11H3. The van der Waals surface area contributed by atoms with Gasteiger partial charge >= 0.3 is 14.2 Å². The predicted molar refractivity (Wildman–Crippen MR) is 154 cm³/mol. The summed E-state index contributed by atoms with van der Waals surface area (Å²) in [6.07, 6.45) is 1.30. The smallest absolute Gasteiger partial charge is 0.387 e. The van der Waals surface area contributed by atoms with Crippen LogP contribution in [0.5, 0.6) is 0 Å². The van der Waals surface area contributed by atoms with Crippen molar-refractivity contribution >= 4 is 36.1 Å². The molecule has 204 valence electrons. The molecule has 0 aliphatic carbocycles. The van der Waals surface area contributed by atoms with Crippen molar-refractivity contribution in [2.24, 2.45) is 5.41 Å². The van der Waals surface area contributed by atoms with Crippen LogP contribution in [0.4, 0.5) is 0 Å². The van der Waals surface area contributed by atoms with Gasteiger partial charge in [0.25, 0.3) is 0 Å². The van der Waals surface area contributed by atoms with Crippen LogP contribution in [0.15, 0.2) is 32.7 Å². The number of fused-ring (bicyclic) bond motifs is 3. The van der Waals surface area contributed by atoms with Crippen LogP contribution >= 0.6 is 8.24 Å². The first-order valence-corrected chi connectivity index (χ1v) is 14.4. The average molecular weight is 529 g/mol. The van der Waals surface area contributed by atoms with Crippen molar-refractivity contribution in [1.29, 1.82) is 0 Å². The normalized spacial score (nSPS) is 12.8. The van der Waals surface area contributed by atoms with Gasteiger partial charge in [0, 0.05) is 28.3 Å². The van der Waals surface area contributed by atoms with Crippen LogP contribution in [0.1, 0.15) is 97.4 Å². The average Bonchev–Trinajstić information content (AvgIpc) is 2.93. The first kappa shape index (κ1) is 29.3. The highest BCUT2D eigenvalue weighted by molar-refractivity contribution is 7.31. The molecule has 0 radical (unpaired) electrons. The summed E-state index contributed by atoms with van der Waals surface area (Å²) in [4.78, 5) is 12.3. The number of hydrogen-bond acceptors (Lipinski definition) is 5. The summed E-state index contributed by atoms with van der Waals surface area (Å²) >= 11 is 0. The molecule has 3 rings (SSSR count). The molecule has 0 fully saturated rings. The van der Waals surface area contributed by atoms with E-state index in [0.29, 0.717) is 19.6 Å². The monoisotopic (exact) mass is 528 g/mol. The molecule has 0 spiro atoms. The van der Waals surface area contributed by atoms with E-state index in [1.807, 2.05) is 20.8 Å². The highest BCUT2D eigenvalue weighted by atomic mass is 31.1. The Morgan fingerprint density at radius 2 is 1.24 bits per heavy atom. The Kier molecular flexibility index (Phi) is 8.61. The molecular formula is C31H45O5P. The van der Waals surface area contributed by atoms with E-state index in [4.69, 9.17) is 17.7 Å². The predicted octanol–water partition coefficient (Wildman–Crippen LogP) is 9.30. The second-order valence-corrected chi connectivity index (χ2v) is 13.9. The van der Waals surface area contributed by atoms with Crippen molar-refractivity contribution in [3.05, 3.63) is 46.5 Å². The molecule has 2 aromatic carbocycles. The van der Waals surface area contributed by atoms with Gasteiger partial charge in [-0.25, -0.2) is 0 Å². The fourth-order valence-electron chi connectivity index (χ4n) is 4.18. The Hall–Kier alpha value is -2.23. The summed E-state index contributed by atoms with van der Waals surface area (Å²) in [5, 5.41) is 2.08. The van der Waals surface area contributed by atoms with E-state index in [0.717, 1.165) is 39.5 Å². The van der Waals surface area contributed by atoms with Crippen LogP contribution in [0.25, 0.3) is 21.9 Å². The Morgan fingerprint density at radius 1 is 0.784 bits per heavy atom. The molecule has 5 nitrogen and oxygen atoms in total. The molecule has 0 amide bonds. The fraction of sp³-hybridized carbons (Fsp3) is 0.581. The number of esters is 1. The molecule has 0 saturated heterocycles. The maximum atomic E-state index is 12.3.